The van der Waals surface area contributed by atoms with E-state index < -0.39 is 17.1 Å². The number of H-pyrrole nitrogens is 1. The number of ether oxygens (including phenoxy) is 1. The van der Waals surface area contributed by atoms with E-state index in [1.165, 1.54) is 17.7 Å². The van der Waals surface area contributed by atoms with Gasteiger partial charge in [0.2, 0.25) is 0 Å². The minimum atomic E-state index is -0.650. The van der Waals surface area contributed by atoms with Crippen LogP contribution in [-0.2, 0) is 0 Å². The second kappa shape index (κ2) is 5.82. The number of nitrogens with two attached hydrogens (primary N) is 1. The number of halogens is 1. The number of aromatic nitrogens is 2. The van der Waals surface area contributed by atoms with Crippen molar-refractivity contribution in [1.29, 1.82) is 0 Å². The number of rotatable bonds is 3. The Bertz CT molecular complexity index is 1040. The van der Waals surface area contributed by atoms with Crippen LogP contribution in [-0.4, -0.2) is 35.6 Å². The number of fused-ring (bicyclic) bond motifs is 2. The van der Waals surface area contributed by atoms with Crippen LogP contribution in [0.3, 0.4) is 0 Å². The molecule has 27 heavy (non-hydrogen) atoms. The van der Waals surface area contributed by atoms with Crippen LogP contribution in [0.2, 0.25) is 0 Å². The molecule has 7 nitrogen and oxygen atoms in total. The molecule has 144 valence electrons. The van der Waals surface area contributed by atoms with E-state index in [0.29, 0.717) is 41.7 Å². The van der Waals surface area contributed by atoms with E-state index in [1.54, 1.807) is 0 Å². The number of pyridine rings is 1. The predicted molar refractivity (Wildman–Crippen MR) is 99.2 cm³/mol. The third-order valence-corrected chi connectivity index (χ3v) is 6.50. The van der Waals surface area contributed by atoms with Crippen molar-refractivity contribution in [3.63, 3.8) is 0 Å². The van der Waals surface area contributed by atoms with Crippen LogP contribution >= 0.6 is 0 Å². The summed E-state index contributed by atoms with van der Waals surface area (Å²) in [5.74, 6) is 0.625. The summed E-state index contributed by atoms with van der Waals surface area (Å²) in [6.45, 7) is 1.38. The molecule has 0 radical (unpaired) electrons. The fraction of sp³-hybridized carbons (Fsp3) is 0.579. The molecule has 3 aliphatic rings. The van der Waals surface area contributed by atoms with Gasteiger partial charge in [0.15, 0.2) is 11.6 Å². The molecule has 0 bridgehead atoms. The molecule has 3 atom stereocenters. The van der Waals surface area contributed by atoms with Crippen LogP contribution < -0.4 is 26.6 Å². The van der Waals surface area contributed by atoms with Crippen LogP contribution in [0.15, 0.2) is 15.8 Å². The van der Waals surface area contributed by atoms with Crippen molar-refractivity contribution in [1.82, 2.24) is 9.38 Å². The second-order valence-corrected chi connectivity index (χ2v) is 8.09. The van der Waals surface area contributed by atoms with Gasteiger partial charge in [-0.15, -0.1) is 0 Å². The fourth-order valence-corrected chi connectivity index (χ4v) is 5.04. The third kappa shape index (κ3) is 2.42. The smallest absolute Gasteiger partial charge is 0.333 e. The fourth-order valence-electron chi connectivity index (χ4n) is 5.04. The van der Waals surface area contributed by atoms with Crippen molar-refractivity contribution in [2.24, 2.45) is 17.6 Å². The van der Waals surface area contributed by atoms with Crippen LogP contribution in [0.4, 0.5) is 10.1 Å². The largest absolute Gasteiger partial charge is 0.492 e. The van der Waals surface area contributed by atoms with Crippen molar-refractivity contribution < 1.29 is 9.13 Å². The van der Waals surface area contributed by atoms with E-state index in [1.807, 2.05) is 4.90 Å². The molecule has 0 spiro atoms. The molecular weight excluding hydrogens is 351 g/mol. The average Bonchev–Trinajstić information content (AvgIpc) is 3.28. The maximum atomic E-state index is 15.1. The molecule has 3 fully saturated rings. The van der Waals surface area contributed by atoms with E-state index in [-0.39, 0.29) is 17.7 Å². The van der Waals surface area contributed by atoms with E-state index in [2.05, 4.69) is 4.98 Å². The van der Waals surface area contributed by atoms with Gasteiger partial charge in [-0.05, 0) is 43.4 Å². The summed E-state index contributed by atoms with van der Waals surface area (Å²) in [5.41, 5.74) is 6.43. The lowest BCUT2D eigenvalue weighted by Crippen LogP contribution is -2.32. The van der Waals surface area contributed by atoms with Crippen LogP contribution in [0.25, 0.3) is 5.52 Å². The maximum Gasteiger partial charge on any atom is 0.333 e. The monoisotopic (exact) mass is 374 g/mol. The lowest BCUT2D eigenvalue weighted by Gasteiger charge is -2.25. The summed E-state index contributed by atoms with van der Waals surface area (Å²) < 4.78 is 21.9. The average molecular weight is 374 g/mol. The Morgan fingerprint density at radius 3 is 2.67 bits per heavy atom. The molecule has 3 heterocycles. The number of anilines is 1. The summed E-state index contributed by atoms with van der Waals surface area (Å²) in [7, 11) is 1.46. The second-order valence-electron chi connectivity index (χ2n) is 8.09. The molecule has 1 aliphatic heterocycles. The Morgan fingerprint density at radius 2 is 2.00 bits per heavy atom. The zero-order valence-corrected chi connectivity index (χ0v) is 15.2. The van der Waals surface area contributed by atoms with Crippen molar-refractivity contribution >= 4 is 11.2 Å². The van der Waals surface area contributed by atoms with Gasteiger partial charge in [0.1, 0.15) is 11.2 Å². The zero-order valence-electron chi connectivity index (χ0n) is 15.2. The van der Waals surface area contributed by atoms with Gasteiger partial charge in [-0.3, -0.25) is 14.2 Å². The quantitative estimate of drug-likeness (QED) is 0.842. The van der Waals surface area contributed by atoms with Crippen LogP contribution in [0.5, 0.6) is 5.75 Å². The van der Waals surface area contributed by atoms with Crippen molar-refractivity contribution in [3.8, 4) is 5.75 Å². The normalized spacial score (nSPS) is 27.4. The molecule has 0 amide bonds. The van der Waals surface area contributed by atoms with Crippen molar-refractivity contribution in [2.75, 3.05) is 25.1 Å². The van der Waals surface area contributed by atoms with E-state index >= 15 is 4.39 Å². The molecule has 2 aromatic heterocycles. The lowest BCUT2D eigenvalue weighted by molar-refractivity contribution is 0.412. The van der Waals surface area contributed by atoms with E-state index in [9.17, 15) is 9.59 Å². The lowest BCUT2D eigenvalue weighted by atomic mass is 9.98. The highest BCUT2D eigenvalue weighted by molar-refractivity contribution is 5.78. The number of hydrogen-bond donors (Lipinski definition) is 2. The Hall–Kier alpha value is -2.35. The van der Waals surface area contributed by atoms with Gasteiger partial charge < -0.3 is 15.4 Å². The highest BCUT2D eigenvalue weighted by Crippen LogP contribution is 2.47. The van der Waals surface area contributed by atoms with Gasteiger partial charge in [-0.2, -0.15) is 0 Å². The van der Waals surface area contributed by atoms with Gasteiger partial charge >= 0.3 is 5.69 Å². The summed E-state index contributed by atoms with van der Waals surface area (Å²) in [4.78, 5) is 29.1. The number of nitrogens with one attached hydrogen (secondary N) is 1. The van der Waals surface area contributed by atoms with Gasteiger partial charge in [-0.25, -0.2) is 9.18 Å². The number of aromatic amines is 1. The van der Waals surface area contributed by atoms with Gasteiger partial charge in [0.25, 0.3) is 5.56 Å². The molecule has 1 saturated heterocycles. The molecule has 2 aliphatic carbocycles. The number of hydrogen-bond acceptors (Lipinski definition) is 5. The molecule has 2 aromatic rings. The minimum absolute atomic E-state index is 0.0861. The standard InChI is InChI=1S/C19H23FN4O3/c1-27-17-15(23-6-10-4-5-13(21)11(10)7-23)12(20)8-24-16(17)14(9-2-3-9)18(25)22-19(24)26/h8-11,13H,2-7,21H2,1H3,(H,22,25,26). The SMILES string of the molecule is COc1c(N2CC3CCC(N)C3C2)c(F)cn2c(=O)[nH]c(=O)c(C3CC3)c12. The maximum absolute atomic E-state index is 15.1. The Labute approximate surface area is 154 Å². The van der Waals surface area contributed by atoms with E-state index in [0.717, 1.165) is 25.7 Å². The first-order valence-corrected chi connectivity index (χ1v) is 9.55. The molecule has 2 saturated carbocycles. The van der Waals surface area contributed by atoms with Crippen LogP contribution in [0, 0.1) is 17.7 Å². The first-order chi connectivity index (χ1) is 13.0. The molecule has 3 unspecified atom stereocenters. The molecule has 0 aromatic carbocycles. The topological polar surface area (TPSA) is 92.8 Å². The summed E-state index contributed by atoms with van der Waals surface area (Å²) in [5, 5.41) is 0. The van der Waals surface area contributed by atoms with Gasteiger partial charge in [0.05, 0.1) is 13.3 Å². The molecule has 8 heteroatoms. The highest BCUT2D eigenvalue weighted by Gasteiger charge is 2.43. The Balaban J connectivity index is 1.74. The molecular formula is C19H23FN4O3. The number of nitrogens with zero attached hydrogens (tertiary/aromatic N) is 2. The predicted octanol–water partition coefficient (Wildman–Crippen LogP) is 1.19. The molecule has 5 rings (SSSR count). The number of methoxy groups -OCH3 is 1. The first kappa shape index (κ1) is 16.8. The third-order valence-electron chi connectivity index (χ3n) is 6.50. The van der Waals surface area contributed by atoms with Crippen LogP contribution in [0.1, 0.15) is 37.2 Å². The Morgan fingerprint density at radius 1 is 1.22 bits per heavy atom. The first-order valence-electron chi connectivity index (χ1n) is 9.55. The summed E-state index contributed by atoms with van der Waals surface area (Å²) in [6, 6.07) is 0.141. The summed E-state index contributed by atoms with van der Waals surface area (Å²) in [6.07, 6.45) is 5.00. The van der Waals surface area contributed by atoms with Crippen molar-refractivity contribution in [2.45, 2.75) is 37.6 Å². The van der Waals surface area contributed by atoms with Crippen molar-refractivity contribution in [3.05, 3.63) is 38.4 Å². The minimum Gasteiger partial charge on any atom is -0.492 e. The highest BCUT2D eigenvalue weighted by atomic mass is 19.1. The van der Waals surface area contributed by atoms with Gasteiger partial charge in [-0.1, -0.05) is 0 Å². The summed E-state index contributed by atoms with van der Waals surface area (Å²) >= 11 is 0. The molecule has 3 N–H and O–H groups in total. The van der Waals surface area contributed by atoms with Gasteiger partial charge in [0, 0.05) is 24.7 Å². The van der Waals surface area contributed by atoms with E-state index in [4.69, 9.17) is 10.5 Å². The zero-order chi connectivity index (χ0) is 18.9. The Kier molecular flexibility index (Phi) is 3.62.